The van der Waals surface area contributed by atoms with E-state index >= 15 is 0 Å². The van der Waals surface area contributed by atoms with E-state index in [1.54, 1.807) is 0 Å². The number of hydrogen-bond acceptors (Lipinski definition) is 8. The SMILES string of the molecule is CC(=O)C1(C(C)=O)CC1(C(C)=O)C1=NC=NC2=NC=NC21N. The lowest BCUT2D eigenvalue weighted by Crippen LogP contribution is -2.59. The zero-order valence-electron chi connectivity index (χ0n) is 12.5. The van der Waals surface area contributed by atoms with Gasteiger partial charge in [0.1, 0.15) is 35.4 Å². The number of carbonyl (C=O) groups excluding carboxylic acids is 3. The minimum atomic E-state index is -1.49. The standard InChI is InChI=1S/C14H15N5O3/c1-7(20)12(8(2)21)4-13(12,9(3)22)10-14(15)11(17-5-16-10)18-6-19-14/h5-6H,4,15H2,1-3H3. The van der Waals surface area contributed by atoms with Gasteiger partial charge in [-0.25, -0.2) is 20.0 Å². The largest absolute Gasteiger partial charge is 0.299 e. The van der Waals surface area contributed by atoms with Gasteiger partial charge >= 0.3 is 0 Å². The summed E-state index contributed by atoms with van der Waals surface area (Å²) in [7, 11) is 0. The second-order valence-corrected chi connectivity index (χ2v) is 5.84. The number of hydrogen-bond donors (Lipinski definition) is 1. The molecule has 0 saturated heterocycles. The minimum Gasteiger partial charge on any atom is -0.299 e. The van der Waals surface area contributed by atoms with Crippen molar-refractivity contribution in [3.63, 3.8) is 0 Å². The number of rotatable bonds is 4. The van der Waals surface area contributed by atoms with E-state index in [1.165, 1.54) is 33.4 Å². The van der Waals surface area contributed by atoms with Gasteiger partial charge in [0.15, 0.2) is 5.84 Å². The number of fused-ring (bicyclic) bond motifs is 1. The van der Waals surface area contributed by atoms with Gasteiger partial charge < -0.3 is 0 Å². The Morgan fingerprint density at radius 1 is 1.05 bits per heavy atom. The van der Waals surface area contributed by atoms with Gasteiger partial charge in [-0.2, -0.15) is 0 Å². The maximum absolute atomic E-state index is 12.4. The number of aliphatic imine (C=N–C) groups is 4. The van der Waals surface area contributed by atoms with E-state index in [1.807, 2.05) is 0 Å². The number of carbonyl (C=O) groups is 3. The first-order valence-corrected chi connectivity index (χ1v) is 6.79. The number of nitrogens with two attached hydrogens (primary N) is 1. The minimum absolute atomic E-state index is 0.0639. The van der Waals surface area contributed by atoms with Crippen molar-refractivity contribution in [2.24, 2.45) is 36.5 Å². The fourth-order valence-corrected chi connectivity index (χ4v) is 3.63. The number of nitrogens with zero attached hydrogens (tertiary/aromatic N) is 4. The van der Waals surface area contributed by atoms with Crippen LogP contribution in [0.4, 0.5) is 0 Å². The molecule has 2 heterocycles. The van der Waals surface area contributed by atoms with Crippen LogP contribution in [-0.2, 0) is 14.4 Å². The Morgan fingerprint density at radius 2 is 1.68 bits per heavy atom. The Morgan fingerprint density at radius 3 is 2.18 bits per heavy atom. The highest BCUT2D eigenvalue weighted by molar-refractivity contribution is 6.35. The summed E-state index contributed by atoms with van der Waals surface area (Å²) in [5.41, 5.74) is 2.13. The van der Waals surface area contributed by atoms with Crippen LogP contribution in [0.5, 0.6) is 0 Å². The van der Waals surface area contributed by atoms with Gasteiger partial charge in [0, 0.05) is 0 Å². The van der Waals surface area contributed by atoms with E-state index in [9.17, 15) is 14.4 Å². The van der Waals surface area contributed by atoms with Crippen LogP contribution in [0, 0.1) is 10.8 Å². The maximum atomic E-state index is 12.4. The van der Waals surface area contributed by atoms with E-state index in [-0.39, 0.29) is 35.3 Å². The smallest absolute Gasteiger partial charge is 0.210 e. The average molecular weight is 301 g/mol. The van der Waals surface area contributed by atoms with Crippen LogP contribution in [0.3, 0.4) is 0 Å². The molecule has 2 unspecified atom stereocenters. The fraction of sp³-hybridized carbons (Fsp3) is 0.500. The third kappa shape index (κ3) is 1.38. The monoisotopic (exact) mass is 301 g/mol. The van der Waals surface area contributed by atoms with Crippen molar-refractivity contribution in [3.05, 3.63) is 0 Å². The molecule has 0 radical (unpaired) electrons. The lowest BCUT2D eigenvalue weighted by molar-refractivity contribution is -0.136. The van der Waals surface area contributed by atoms with Crippen molar-refractivity contribution in [3.8, 4) is 0 Å². The third-order valence-electron chi connectivity index (χ3n) is 4.85. The molecule has 3 aliphatic rings. The zero-order chi connectivity index (χ0) is 16.3. The van der Waals surface area contributed by atoms with Gasteiger partial charge in [0.2, 0.25) is 5.66 Å². The Labute approximate surface area is 126 Å². The van der Waals surface area contributed by atoms with Crippen molar-refractivity contribution in [2.45, 2.75) is 32.9 Å². The molecule has 3 rings (SSSR count). The van der Waals surface area contributed by atoms with E-state index < -0.39 is 16.5 Å². The van der Waals surface area contributed by atoms with Crippen LogP contribution in [0.1, 0.15) is 27.2 Å². The molecule has 8 heteroatoms. The van der Waals surface area contributed by atoms with E-state index in [4.69, 9.17) is 5.73 Å². The Bertz CT molecular complexity index is 734. The summed E-state index contributed by atoms with van der Waals surface area (Å²) in [6, 6.07) is 0. The lowest BCUT2D eigenvalue weighted by atomic mass is 9.76. The number of amidine groups is 1. The highest BCUT2D eigenvalue weighted by Gasteiger charge is 2.80. The molecule has 114 valence electrons. The molecule has 1 aliphatic carbocycles. The highest BCUT2D eigenvalue weighted by atomic mass is 16.2. The van der Waals surface area contributed by atoms with Crippen LogP contribution in [0.25, 0.3) is 0 Å². The first-order chi connectivity index (χ1) is 10.2. The van der Waals surface area contributed by atoms with Crippen LogP contribution in [0.2, 0.25) is 0 Å². The first kappa shape index (κ1) is 14.6. The van der Waals surface area contributed by atoms with Gasteiger partial charge in [-0.05, 0) is 27.2 Å². The first-order valence-electron chi connectivity index (χ1n) is 6.79. The molecule has 1 saturated carbocycles. The quantitative estimate of drug-likeness (QED) is 0.715. The van der Waals surface area contributed by atoms with Gasteiger partial charge in [-0.15, -0.1) is 0 Å². The zero-order valence-corrected chi connectivity index (χ0v) is 12.5. The third-order valence-corrected chi connectivity index (χ3v) is 4.85. The van der Waals surface area contributed by atoms with Crippen LogP contribution in [-0.4, -0.2) is 47.2 Å². The molecule has 0 aromatic carbocycles. The second kappa shape index (κ2) is 4.10. The second-order valence-electron chi connectivity index (χ2n) is 5.84. The van der Waals surface area contributed by atoms with Crippen molar-refractivity contribution >= 4 is 41.6 Å². The summed E-state index contributed by atoms with van der Waals surface area (Å²) in [5, 5.41) is 0. The fourth-order valence-electron chi connectivity index (χ4n) is 3.63. The molecule has 8 nitrogen and oxygen atoms in total. The molecule has 0 bridgehead atoms. The molecular formula is C14H15N5O3. The van der Waals surface area contributed by atoms with Gasteiger partial charge in [0.05, 0.1) is 11.1 Å². The van der Waals surface area contributed by atoms with E-state index in [0.29, 0.717) is 0 Å². The van der Waals surface area contributed by atoms with E-state index in [0.717, 1.165) is 0 Å². The summed E-state index contributed by atoms with van der Waals surface area (Å²) in [4.78, 5) is 52.8. The van der Waals surface area contributed by atoms with Crippen LogP contribution in [0.15, 0.2) is 20.0 Å². The average Bonchev–Trinajstić information content (AvgIpc) is 3.01. The molecule has 2 N–H and O–H groups in total. The van der Waals surface area contributed by atoms with Crippen molar-refractivity contribution in [1.82, 2.24) is 0 Å². The molecule has 0 aromatic heterocycles. The summed E-state index contributed by atoms with van der Waals surface area (Å²) < 4.78 is 0. The number of Topliss-reactive ketones (excluding diaryl/α,β-unsaturated/α-hetero) is 3. The van der Waals surface area contributed by atoms with Gasteiger partial charge in [-0.3, -0.25) is 20.1 Å². The molecule has 22 heavy (non-hydrogen) atoms. The Balaban J connectivity index is 2.23. The summed E-state index contributed by atoms with van der Waals surface area (Å²) in [5.74, 6) is -0.877. The normalized spacial score (nSPS) is 33.8. The van der Waals surface area contributed by atoms with Crippen LogP contribution < -0.4 is 5.73 Å². The Hall–Kier alpha value is -2.35. The van der Waals surface area contributed by atoms with Gasteiger partial charge in [0.25, 0.3) is 0 Å². The van der Waals surface area contributed by atoms with Gasteiger partial charge in [-0.1, -0.05) is 0 Å². The Kier molecular flexibility index (Phi) is 2.72. The predicted molar refractivity (Wildman–Crippen MR) is 80.3 cm³/mol. The van der Waals surface area contributed by atoms with Crippen molar-refractivity contribution in [2.75, 3.05) is 0 Å². The molecule has 0 aromatic rings. The maximum Gasteiger partial charge on any atom is 0.210 e. The molecule has 1 fully saturated rings. The summed E-state index contributed by atoms with van der Waals surface area (Å²) in [6.07, 6.45) is 2.53. The van der Waals surface area contributed by atoms with E-state index in [2.05, 4.69) is 20.0 Å². The molecule has 0 spiro atoms. The summed E-state index contributed by atoms with van der Waals surface area (Å²) >= 11 is 0. The molecular weight excluding hydrogens is 286 g/mol. The molecule has 2 atom stereocenters. The topological polar surface area (TPSA) is 127 Å². The number of ketones is 3. The van der Waals surface area contributed by atoms with Crippen LogP contribution >= 0.6 is 0 Å². The molecule has 2 aliphatic heterocycles. The molecule has 0 amide bonds. The highest BCUT2D eigenvalue weighted by Crippen LogP contribution is 2.67. The summed E-state index contributed by atoms with van der Waals surface area (Å²) in [6.45, 7) is 3.94. The van der Waals surface area contributed by atoms with Crippen molar-refractivity contribution < 1.29 is 14.4 Å². The predicted octanol–water partition coefficient (Wildman–Crippen LogP) is -0.292. The lowest BCUT2D eigenvalue weighted by Gasteiger charge is -2.31. The van der Waals surface area contributed by atoms with Crippen molar-refractivity contribution in [1.29, 1.82) is 0 Å².